The summed E-state index contributed by atoms with van der Waals surface area (Å²) >= 11 is 0. The van der Waals surface area contributed by atoms with Crippen LogP contribution >= 0.6 is 23.6 Å². The summed E-state index contributed by atoms with van der Waals surface area (Å²) in [6.07, 6.45) is -1.60. The first kappa shape index (κ1) is 20.1. The van der Waals surface area contributed by atoms with Crippen LogP contribution in [0.15, 0.2) is 0 Å². The van der Waals surface area contributed by atoms with Gasteiger partial charge in [0.1, 0.15) is 12.6 Å². The van der Waals surface area contributed by atoms with E-state index >= 15 is 0 Å². The molecule has 1 amide bonds. The third-order valence-corrected chi connectivity index (χ3v) is 4.16. The predicted octanol–water partition coefficient (Wildman–Crippen LogP) is -1.09. The Kier molecular flexibility index (Phi) is 7.94. The second-order valence-corrected chi connectivity index (χ2v) is 8.21. The van der Waals surface area contributed by atoms with E-state index < -0.39 is 41.8 Å². The summed E-state index contributed by atoms with van der Waals surface area (Å²) in [7, 11) is -10.6. The molecule has 0 rings (SSSR count). The fourth-order valence-corrected chi connectivity index (χ4v) is 3.27. The van der Waals surface area contributed by atoms with Crippen LogP contribution in [-0.2, 0) is 9.13 Å². The molecule has 0 aliphatic heterocycles. The van der Waals surface area contributed by atoms with E-state index in [4.69, 9.17) is 29.4 Å². The molecule has 0 radical (unpaired) electrons. The smallest absolute Gasteiger partial charge is 0.343 e. The molecule has 0 aliphatic rings. The molecule has 0 aromatic carbocycles. The van der Waals surface area contributed by atoms with Crippen molar-refractivity contribution in [2.45, 2.75) is 0 Å². The van der Waals surface area contributed by atoms with Gasteiger partial charge in [-0.1, -0.05) is 0 Å². The van der Waals surface area contributed by atoms with Gasteiger partial charge in [-0.25, -0.2) is 0 Å². The third kappa shape index (κ3) is 9.90. The first-order valence-corrected chi connectivity index (χ1v) is 9.90. The number of likely N-dealkylation sites (N-methyl/N-ethyl adjacent to an activating group) is 1. The lowest BCUT2D eigenvalue weighted by atomic mass is 10.5. The molecule has 0 heterocycles. The second-order valence-electron chi connectivity index (χ2n) is 4.03. The van der Waals surface area contributed by atoms with Crippen molar-refractivity contribution in [1.29, 1.82) is 0 Å². The first-order chi connectivity index (χ1) is 8.82. The number of carbonyl (C=O) groups is 1. The van der Waals surface area contributed by atoms with Crippen molar-refractivity contribution in [2.75, 3.05) is 32.7 Å². The number of carbonyl (C=O) groups excluding carboxylic acids is 1. The van der Waals surface area contributed by atoms with Crippen LogP contribution in [0, 0.1) is 0 Å². The van der Waals surface area contributed by atoms with E-state index in [1.54, 1.807) is 0 Å². The number of hydrogen-bond acceptors (Lipinski definition) is 6. The van der Waals surface area contributed by atoms with Crippen molar-refractivity contribution in [3.05, 3.63) is 0 Å². The normalized spacial score (nSPS) is 13.1. The highest BCUT2D eigenvalue weighted by molar-refractivity contribution is 7.64. The SMILES string of the molecule is CN(CCN(CP(=O)(O)O)C(=O)P(O)O)CP(=O)(O)O. The molecule has 0 saturated carbocycles. The van der Waals surface area contributed by atoms with E-state index in [0.29, 0.717) is 4.90 Å². The highest BCUT2D eigenvalue weighted by atomic mass is 31.2. The van der Waals surface area contributed by atoms with E-state index in [-0.39, 0.29) is 13.1 Å². The maximum absolute atomic E-state index is 11.4. The highest BCUT2D eigenvalue weighted by Gasteiger charge is 2.28. The topological polar surface area (TPSA) is 179 Å². The Bertz CT molecular complexity index is 418. The van der Waals surface area contributed by atoms with Crippen LogP contribution in [0.1, 0.15) is 0 Å². The lowest BCUT2D eigenvalue weighted by Crippen LogP contribution is -2.37. The minimum absolute atomic E-state index is 0.111. The molecule has 20 heavy (non-hydrogen) atoms. The molecule has 6 N–H and O–H groups in total. The van der Waals surface area contributed by atoms with Crippen molar-refractivity contribution >= 4 is 29.2 Å². The summed E-state index contributed by atoms with van der Waals surface area (Å²) in [5.74, 6) is 0. The average Bonchev–Trinajstić information content (AvgIpc) is 2.18. The summed E-state index contributed by atoms with van der Waals surface area (Å²) in [5, 5.41) is 0. The van der Waals surface area contributed by atoms with Crippen LogP contribution in [0.25, 0.3) is 0 Å². The van der Waals surface area contributed by atoms with Gasteiger partial charge >= 0.3 is 20.8 Å². The Labute approximate surface area is 116 Å². The van der Waals surface area contributed by atoms with Crippen molar-refractivity contribution in [3.8, 4) is 0 Å². The second kappa shape index (κ2) is 7.91. The molecule has 0 spiro atoms. The summed E-state index contributed by atoms with van der Waals surface area (Å²) in [6, 6.07) is 0. The summed E-state index contributed by atoms with van der Waals surface area (Å²) in [5.41, 5.74) is -1.24. The maximum atomic E-state index is 11.4. The monoisotopic (exact) mass is 354 g/mol. The zero-order valence-corrected chi connectivity index (χ0v) is 13.2. The Hall–Kier alpha value is 0.0800. The van der Waals surface area contributed by atoms with E-state index in [0.717, 1.165) is 4.90 Å². The summed E-state index contributed by atoms with van der Waals surface area (Å²) in [6.45, 7) is -0.430. The molecule has 0 atom stereocenters. The molecule has 0 fully saturated rings. The van der Waals surface area contributed by atoms with Crippen LogP contribution in [0.5, 0.6) is 0 Å². The Balaban J connectivity index is 4.63. The Morgan fingerprint density at radius 2 is 1.45 bits per heavy atom. The fraction of sp³-hybridized carbons (Fsp3) is 0.833. The van der Waals surface area contributed by atoms with E-state index in [1.165, 1.54) is 7.05 Å². The molecule has 0 unspecified atom stereocenters. The van der Waals surface area contributed by atoms with Crippen LogP contribution in [0.3, 0.4) is 0 Å². The van der Waals surface area contributed by atoms with Crippen LogP contribution in [-0.4, -0.2) is 77.5 Å². The lowest BCUT2D eigenvalue weighted by Gasteiger charge is -2.26. The molecule has 11 nitrogen and oxygen atoms in total. The van der Waals surface area contributed by atoms with Crippen molar-refractivity contribution < 1.29 is 43.3 Å². The average molecular weight is 354 g/mol. The van der Waals surface area contributed by atoms with Crippen LogP contribution < -0.4 is 0 Å². The molecular formula is C6H17N2O9P3. The van der Waals surface area contributed by atoms with Crippen molar-refractivity contribution in [2.24, 2.45) is 0 Å². The number of amides is 1. The number of nitrogens with zero attached hydrogens (tertiary/aromatic N) is 2. The molecule has 14 heteroatoms. The molecule has 0 aromatic rings. The number of rotatable bonds is 8. The summed E-state index contributed by atoms with van der Waals surface area (Å²) < 4.78 is 21.6. The van der Waals surface area contributed by atoms with Crippen LogP contribution in [0.4, 0.5) is 4.79 Å². The molecule has 120 valence electrons. The van der Waals surface area contributed by atoms with Gasteiger partial charge in [0, 0.05) is 13.1 Å². The van der Waals surface area contributed by atoms with Crippen molar-refractivity contribution in [1.82, 2.24) is 9.80 Å². The first-order valence-electron chi connectivity index (χ1n) is 5.06. The fourth-order valence-electron chi connectivity index (χ4n) is 1.25. The maximum Gasteiger partial charge on any atom is 0.344 e. The molecule has 0 saturated heterocycles. The zero-order valence-electron chi connectivity index (χ0n) is 10.5. The van der Waals surface area contributed by atoms with Gasteiger partial charge in [-0.3, -0.25) is 18.8 Å². The van der Waals surface area contributed by atoms with Gasteiger partial charge in [0.05, 0.1) is 0 Å². The highest BCUT2D eigenvalue weighted by Crippen LogP contribution is 2.38. The van der Waals surface area contributed by atoms with Crippen LogP contribution in [0.2, 0.25) is 0 Å². The van der Waals surface area contributed by atoms with E-state index in [2.05, 4.69) is 0 Å². The van der Waals surface area contributed by atoms with Gasteiger partial charge in [-0.05, 0) is 7.05 Å². The van der Waals surface area contributed by atoms with Gasteiger partial charge in [0.25, 0.3) is 8.38 Å². The minimum Gasteiger partial charge on any atom is -0.343 e. The molecule has 0 aliphatic carbocycles. The van der Waals surface area contributed by atoms with Gasteiger partial charge in [-0.2, -0.15) is 0 Å². The standard InChI is InChI=1S/C6H17N2O9P3/c1-7(4-19(12,13)14)2-3-8(5-20(15,16)17)6(9)18(10)11/h10-11H,2-5H2,1H3,(H2,12,13,14)(H2,15,16,17). The largest absolute Gasteiger partial charge is 0.344 e. The predicted molar refractivity (Wildman–Crippen MR) is 69.9 cm³/mol. The zero-order chi connectivity index (χ0) is 16.1. The Morgan fingerprint density at radius 1 is 1.00 bits per heavy atom. The van der Waals surface area contributed by atoms with Gasteiger partial charge in [0.2, 0.25) is 0 Å². The van der Waals surface area contributed by atoms with E-state index in [1.807, 2.05) is 0 Å². The van der Waals surface area contributed by atoms with Crippen molar-refractivity contribution in [3.63, 3.8) is 0 Å². The van der Waals surface area contributed by atoms with E-state index in [9.17, 15) is 13.9 Å². The molecular weight excluding hydrogens is 337 g/mol. The Morgan fingerprint density at radius 3 is 1.80 bits per heavy atom. The van der Waals surface area contributed by atoms with Gasteiger partial charge in [-0.15, -0.1) is 0 Å². The lowest BCUT2D eigenvalue weighted by molar-refractivity contribution is 0.210. The quantitative estimate of drug-likeness (QED) is 0.293. The summed E-state index contributed by atoms with van der Waals surface area (Å²) in [4.78, 5) is 65.6. The minimum atomic E-state index is -4.60. The van der Waals surface area contributed by atoms with Gasteiger partial charge in [0.15, 0.2) is 0 Å². The molecule has 0 aromatic heterocycles. The number of hydrogen-bond donors (Lipinski definition) is 6. The van der Waals surface area contributed by atoms with Gasteiger partial charge < -0.3 is 34.3 Å². The molecule has 0 bridgehead atoms. The third-order valence-electron chi connectivity index (χ3n) is 1.97.